The van der Waals surface area contributed by atoms with Crippen LogP contribution in [0.15, 0.2) is 30.3 Å². The van der Waals surface area contributed by atoms with Gasteiger partial charge in [-0.15, -0.1) is 11.3 Å². The van der Waals surface area contributed by atoms with Crippen LogP contribution < -0.4 is 5.73 Å². The number of nitrogens with one attached hydrogen (secondary N) is 1. The van der Waals surface area contributed by atoms with Gasteiger partial charge in [-0.3, -0.25) is 9.69 Å². The normalized spacial score (nSPS) is 18.2. The van der Waals surface area contributed by atoms with Crippen LogP contribution >= 0.6 is 11.3 Å². The molecule has 0 bridgehead atoms. The minimum atomic E-state index is -0.448. The van der Waals surface area contributed by atoms with Gasteiger partial charge in [0.1, 0.15) is 11.3 Å². The Morgan fingerprint density at radius 2 is 2.23 bits per heavy atom. The average Bonchev–Trinajstić information content (AvgIpc) is 3.31. The van der Waals surface area contributed by atoms with Gasteiger partial charge in [0.15, 0.2) is 0 Å². The number of carbonyl (C=O) groups excluding carboxylic acids is 1. The second kappa shape index (κ2) is 6.85. The summed E-state index contributed by atoms with van der Waals surface area (Å²) in [6, 6.07) is 10.3. The highest BCUT2D eigenvalue weighted by Crippen LogP contribution is 2.39. The first-order chi connectivity index (χ1) is 12.5. The molecule has 3 heterocycles. The number of hydrogen-bond acceptors (Lipinski definition) is 4. The molecular formula is C20H24N4OS. The number of carbonyl (C=O) groups is 1. The van der Waals surface area contributed by atoms with E-state index in [1.54, 1.807) is 17.4 Å². The first kappa shape index (κ1) is 17.2. The third kappa shape index (κ3) is 3.15. The number of amides is 1. The van der Waals surface area contributed by atoms with E-state index in [2.05, 4.69) is 40.8 Å². The van der Waals surface area contributed by atoms with Gasteiger partial charge in [-0.05, 0) is 49.6 Å². The molecule has 0 saturated carbocycles. The molecule has 0 spiro atoms. The predicted molar refractivity (Wildman–Crippen MR) is 106 cm³/mol. The van der Waals surface area contributed by atoms with Crippen molar-refractivity contribution in [3.8, 4) is 10.7 Å². The van der Waals surface area contributed by atoms with Crippen molar-refractivity contribution in [2.75, 3.05) is 13.1 Å². The molecule has 1 fully saturated rings. The molecule has 1 aliphatic rings. The van der Waals surface area contributed by atoms with Crippen LogP contribution in [-0.2, 0) is 0 Å². The minimum absolute atomic E-state index is 0.448. The predicted octanol–water partition coefficient (Wildman–Crippen LogP) is 4.18. The van der Waals surface area contributed by atoms with Crippen LogP contribution in [0.4, 0.5) is 0 Å². The van der Waals surface area contributed by atoms with Crippen molar-refractivity contribution in [3.05, 3.63) is 40.8 Å². The van der Waals surface area contributed by atoms with Crippen molar-refractivity contribution in [1.82, 2.24) is 14.9 Å². The molecular weight excluding hydrogens is 344 g/mol. The molecule has 0 aliphatic carbocycles. The van der Waals surface area contributed by atoms with Gasteiger partial charge in [-0.1, -0.05) is 19.9 Å². The number of fused-ring (bicyclic) bond motifs is 1. The number of rotatable bonds is 5. The first-order valence-electron chi connectivity index (χ1n) is 9.15. The van der Waals surface area contributed by atoms with Gasteiger partial charge in [0.25, 0.3) is 5.91 Å². The molecule has 1 atom stereocenters. The van der Waals surface area contributed by atoms with Gasteiger partial charge >= 0.3 is 0 Å². The first-order valence-corrected chi connectivity index (χ1v) is 9.97. The summed E-state index contributed by atoms with van der Waals surface area (Å²) < 4.78 is 0. The number of thiophene rings is 1. The third-order valence-corrected chi connectivity index (χ3v) is 6.12. The molecule has 1 aliphatic heterocycles. The van der Waals surface area contributed by atoms with Gasteiger partial charge in [0, 0.05) is 17.5 Å². The van der Waals surface area contributed by atoms with Gasteiger partial charge in [0.2, 0.25) is 0 Å². The Bertz CT molecular complexity index is 942. The number of benzene rings is 1. The van der Waals surface area contributed by atoms with Crippen LogP contribution in [0.1, 0.15) is 48.0 Å². The maximum atomic E-state index is 11.6. The fourth-order valence-electron chi connectivity index (χ4n) is 3.84. The number of aromatic amines is 1. The lowest BCUT2D eigenvalue weighted by Gasteiger charge is -2.25. The summed E-state index contributed by atoms with van der Waals surface area (Å²) in [6.45, 7) is 6.88. The largest absolute Gasteiger partial charge is 0.366 e. The molecule has 1 aromatic carbocycles. The topological polar surface area (TPSA) is 75.0 Å². The van der Waals surface area contributed by atoms with Gasteiger partial charge < -0.3 is 10.7 Å². The molecule has 136 valence electrons. The summed E-state index contributed by atoms with van der Waals surface area (Å²) in [7, 11) is 0. The number of imidazole rings is 1. The van der Waals surface area contributed by atoms with Crippen molar-refractivity contribution in [2.45, 2.75) is 32.7 Å². The molecule has 3 N–H and O–H groups in total. The quantitative estimate of drug-likeness (QED) is 0.709. The molecule has 1 saturated heterocycles. The third-order valence-electron chi connectivity index (χ3n) is 4.93. The molecule has 0 radical (unpaired) electrons. The van der Waals surface area contributed by atoms with E-state index in [0.29, 0.717) is 23.0 Å². The van der Waals surface area contributed by atoms with Crippen molar-refractivity contribution >= 4 is 28.3 Å². The number of hydrogen-bond donors (Lipinski definition) is 2. The van der Waals surface area contributed by atoms with E-state index in [-0.39, 0.29) is 0 Å². The lowest BCUT2D eigenvalue weighted by Crippen LogP contribution is -2.26. The molecule has 4 rings (SSSR count). The zero-order valence-electron chi connectivity index (χ0n) is 15.2. The molecule has 26 heavy (non-hydrogen) atoms. The molecule has 1 unspecified atom stereocenters. The van der Waals surface area contributed by atoms with E-state index >= 15 is 0 Å². The number of likely N-dealkylation sites (tertiary alicyclic amines) is 1. The maximum Gasteiger partial charge on any atom is 0.250 e. The van der Waals surface area contributed by atoms with Crippen molar-refractivity contribution < 1.29 is 4.79 Å². The zero-order chi connectivity index (χ0) is 18.3. The Labute approximate surface area is 157 Å². The lowest BCUT2D eigenvalue weighted by atomic mass is 10.1. The van der Waals surface area contributed by atoms with Crippen LogP contribution in [0, 0.1) is 5.92 Å². The number of para-hydroxylation sites is 1. The highest BCUT2D eigenvalue weighted by molar-refractivity contribution is 7.15. The minimum Gasteiger partial charge on any atom is -0.366 e. The summed E-state index contributed by atoms with van der Waals surface area (Å²) in [6.07, 6.45) is 2.48. The lowest BCUT2D eigenvalue weighted by molar-refractivity contribution is 0.100. The van der Waals surface area contributed by atoms with Crippen LogP contribution in [0.2, 0.25) is 0 Å². The Morgan fingerprint density at radius 1 is 1.38 bits per heavy atom. The Kier molecular flexibility index (Phi) is 4.54. The average molecular weight is 369 g/mol. The summed E-state index contributed by atoms with van der Waals surface area (Å²) in [5.41, 5.74) is 7.42. The second-order valence-corrected chi connectivity index (χ2v) is 8.52. The van der Waals surface area contributed by atoms with Gasteiger partial charge in [-0.2, -0.15) is 0 Å². The molecule has 2 aromatic heterocycles. The molecule has 1 amide bonds. The SMILES string of the molecule is CC(C)CN1CCCC1c1ccc(-c2nc3c(C(N)=O)cccc3[nH]2)s1. The van der Waals surface area contributed by atoms with E-state index in [4.69, 9.17) is 5.73 Å². The van der Waals surface area contributed by atoms with Gasteiger partial charge in [-0.25, -0.2) is 4.98 Å². The number of primary amides is 1. The highest BCUT2D eigenvalue weighted by Gasteiger charge is 2.27. The van der Waals surface area contributed by atoms with E-state index in [0.717, 1.165) is 22.8 Å². The number of aromatic nitrogens is 2. The van der Waals surface area contributed by atoms with Crippen LogP contribution in [0.5, 0.6) is 0 Å². The summed E-state index contributed by atoms with van der Waals surface area (Å²) in [5.74, 6) is 1.03. The second-order valence-electron chi connectivity index (χ2n) is 7.40. The summed E-state index contributed by atoms with van der Waals surface area (Å²) >= 11 is 1.79. The number of H-pyrrole nitrogens is 1. The Hall–Kier alpha value is -2.18. The smallest absolute Gasteiger partial charge is 0.250 e. The Balaban J connectivity index is 1.65. The number of nitrogens with two attached hydrogens (primary N) is 1. The molecule has 5 nitrogen and oxygen atoms in total. The standard InChI is InChI=1S/C20H24N4OS/c1-12(2)11-24-10-4-7-15(24)16-8-9-17(26-16)20-22-14-6-3-5-13(19(21)25)18(14)23-20/h3,5-6,8-9,12,15H,4,7,10-11H2,1-2H3,(H2,21,25)(H,22,23). The van der Waals surface area contributed by atoms with Crippen molar-refractivity contribution in [3.63, 3.8) is 0 Å². The maximum absolute atomic E-state index is 11.6. The molecule has 3 aromatic rings. The van der Waals surface area contributed by atoms with Gasteiger partial charge in [0.05, 0.1) is 16.0 Å². The zero-order valence-corrected chi connectivity index (χ0v) is 16.0. The van der Waals surface area contributed by atoms with E-state index in [1.165, 1.54) is 24.3 Å². The van der Waals surface area contributed by atoms with E-state index in [9.17, 15) is 4.79 Å². The molecule has 6 heteroatoms. The summed E-state index contributed by atoms with van der Waals surface area (Å²) in [4.78, 5) is 24.7. The Morgan fingerprint density at radius 3 is 3.00 bits per heavy atom. The van der Waals surface area contributed by atoms with Crippen LogP contribution in [0.25, 0.3) is 21.7 Å². The fraction of sp³-hybridized carbons (Fsp3) is 0.400. The van der Waals surface area contributed by atoms with E-state index < -0.39 is 5.91 Å². The van der Waals surface area contributed by atoms with E-state index in [1.807, 2.05) is 12.1 Å². The summed E-state index contributed by atoms with van der Waals surface area (Å²) in [5, 5.41) is 0. The van der Waals surface area contributed by atoms with Crippen LogP contribution in [0.3, 0.4) is 0 Å². The van der Waals surface area contributed by atoms with Crippen molar-refractivity contribution in [1.29, 1.82) is 0 Å². The van der Waals surface area contributed by atoms with Crippen molar-refractivity contribution in [2.24, 2.45) is 11.7 Å². The fourth-order valence-corrected chi connectivity index (χ4v) is 4.97. The van der Waals surface area contributed by atoms with Crippen LogP contribution in [-0.4, -0.2) is 33.9 Å². The number of nitrogens with zero attached hydrogens (tertiary/aromatic N) is 2. The highest BCUT2D eigenvalue weighted by atomic mass is 32.1. The monoisotopic (exact) mass is 368 g/mol.